The second kappa shape index (κ2) is 5.39. The molecule has 1 aliphatic carbocycles. The van der Waals surface area contributed by atoms with E-state index < -0.39 is 0 Å². The van der Waals surface area contributed by atoms with Gasteiger partial charge in [-0.1, -0.05) is 11.6 Å². The minimum atomic E-state index is -0.151. The van der Waals surface area contributed by atoms with Gasteiger partial charge in [0.05, 0.1) is 17.4 Å². The molecule has 0 radical (unpaired) electrons. The predicted molar refractivity (Wildman–Crippen MR) is 68.0 cm³/mol. The Morgan fingerprint density at radius 3 is 2.94 bits per heavy atom. The molecule has 1 aromatic rings. The van der Waals surface area contributed by atoms with Crippen LogP contribution in [0.5, 0.6) is 0 Å². The minimum absolute atomic E-state index is 0.151. The first-order valence-electron chi connectivity index (χ1n) is 5.80. The van der Waals surface area contributed by atoms with Gasteiger partial charge in [0.2, 0.25) is 0 Å². The van der Waals surface area contributed by atoms with Gasteiger partial charge >= 0.3 is 0 Å². The molecule has 1 aliphatic rings. The molecule has 2 N–H and O–H groups in total. The summed E-state index contributed by atoms with van der Waals surface area (Å²) in [6.07, 6.45) is 2.63. The first kappa shape index (κ1) is 12.2. The largest absolute Gasteiger partial charge is 0.393 e. The van der Waals surface area contributed by atoms with Gasteiger partial charge in [0.1, 0.15) is 6.07 Å². The summed E-state index contributed by atoms with van der Waals surface area (Å²) in [4.78, 5) is 0. The molecule has 0 amide bonds. The van der Waals surface area contributed by atoms with E-state index in [1.807, 2.05) is 6.07 Å². The van der Waals surface area contributed by atoms with E-state index >= 15 is 0 Å². The van der Waals surface area contributed by atoms with E-state index in [9.17, 15) is 5.11 Å². The maximum atomic E-state index is 9.44. The van der Waals surface area contributed by atoms with Gasteiger partial charge in [-0.2, -0.15) is 5.26 Å². The second-order valence-electron chi connectivity index (χ2n) is 4.52. The minimum Gasteiger partial charge on any atom is -0.393 e. The number of hydrogen-bond donors (Lipinski definition) is 2. The molecular formula is C13H15ClN2O. The zero-order chi connectivity index (χ0) is 12.3. The molecule has 0 saturated heterocycles. The van der Waals surface area contributed by atoms with Gasteiger partial charge in [-0.25, -0.2) is 0 Å². The summed E-state index contributed by atoms with van der Waals surface area (Å²) in [5, 5.41) is 22.3. The van der Waals surface area contributed by atoms with E-state index in [1.165, 1.54) is 0 Å². The van der Waals surface area contributed by atoms with Crippen LogP contribution in [0.1, 0.15) is 24.8 Å². The van der Waals surface area contributed by atoms with E-state index in [1.54, 1.807) is 12.1 Å². The molecule has 17 heavy (non-hydrogen) atoms. The smallest absolute Gasteiger partial charge is 0.101 e. The van der Waals surface area contributed by atoms with Crippen LogP contribution in [0.4, 0.5) is 5.69 Å². The Hall–Kier alpha value is -1.24. The molecular weight excluding hydrogens is 236 g/mol. The molecule has 4 heteroatoms. The molecule has 0 bridgehead atoms. The van der Waals surface area contributed by atoms with Crippen molar-refractivity contribution in [3.05, 3.63) is 28.8 Å². The lowest BCUT2D eigenvalue weighted by molar-refractivity contribution is 0.178. The molecule has 2 unspecified atom stereocenters. The highest BCUT2D eigenvalue weighted by Gasteiger charge is 2.22. The molecule has 2 atom stereocenters. The third kappa shape index (κ3) is 3.12. The average molecular weight is 251 g/mol. The van der Waals surface area contributed by atoms with Gasteiger partial charge in [0.25, 0.3) is 0 Å². The number of hydrogen-bond acceptors (Lipinski definition) is 3. The number of nitriles is 1. The van der Waals surface area contributed by atoms with Gasteiger partial charge in [0.15, 0.2) is 0 Å². The van der Waals surface area contributed by atoms with Crippen LogP contribution in [-0.2, 0) is 0 Å². The van der Waals surface area contributed by atoms with Crippen LogP contribution in [0.25, 0.3) is 0 Å². The Kier molecular flexibility index (Phi) is 3.88. The summed E-state index contributed by atoms with van der Waals surface area (Å²) in [6.45, 7) is 0.799. The fourth-order valence-electron chi connectivity index (χ4n) is 2.25. The molecule has 1 aromatic carbocycles. The topological polar surface area (TPSA) is 56.0 Å². The van der Waals surface area contributed by atoms with Crippen LogP contribution in [0.3, 0.4) is 0 Å². The molecule has 0 aromatic heterocycles. The zero-order valence-electron chi connectivity index (χ0n) is 9.49. The molecule has 3 nitrogen and oxygen atoms in total. The van der Waals surface area contributed by atoms with Crippen LogP contribution in [0.15, 0.2) is 18.2 Å². The third-order valence-electron chi connectivity index (χ3n) is 3.20. The first-order chi connectivity index (χ1) is 8.19. The highest BCUT2D eigenvalue weighted by Crippen LogP contribution is 2.26. The van der Waals surface area contributed by atoms with Crippen molar-refractivity contribution in [1.29, 1.82) is 5.26 Å². The first-order valence-corrected chi connectivity index (χ1v) is 6.18. The maximum Gasteiger partial charge on any atom is 0.101 e. The normalized spacial score (nSPS) is 23.4. The van der Waals surface area contributed by atoms with Crippen molar-refractivity contribution in [2.45, 2.75) is 25.4 Å². The lowest BCUT2D eigenvalue weighted by Crippen LogP contribution is -2.13. The quantitative estimate of drug-likeness (QED) is 0.867. The molecule has 0 spiro atoms. The molecule has 1 fully saturated rings. The summed E-state index contributed by atoms with van der Waals surface area (Å²) < 4.78 is 0. The summed E-state index contributed by atoms with van der Waals surface area (Å²) in [5.41, 5.74) is 1.38. The number of aliphatic hydroxyl groups is 1. The number of nitrogens with one attached hydrogen (secondary N) is 1. The van der Waals surface area contributed by atoms with Crippen LogP contribution >= 0.6 is 11.6 Å². The van der Waals surface area contributed by atoms with Crippen molar-refractivity contribution < 1.29 is 5.11 Å². The monoisotopic (exact) mass is 250 g/mol. The van der Waals surface area contributed by atoms with Crippen molar-refractivity contribution in [2.24, 2.45) is 5.92 Å². The molecule has 0 aliphatic heterocycles. The average Bonchev–Trinajstić information content (AvgIpc) is 2.73. The number of benzene rings is 1. The number of rotatable bonds is 3. The van der Waals surface area contributed by atoms with Gasteiger partial charge in [-0.05, 0) is 43.4 Å². The molecule has 2 rings (SSSR count). The van der Waals surface area contributed by atoms with E-state index in [2.05, 4.69) is 11.4 Å². The lowest BCUT2D eigenvalue weighted by atomic mass is 10.1. The standard InChI is InChI=1S/C13H15ClN2O/c14-11-2-4-13(10(6-11)7-15)16-8-9-1-3-12(17)5-9/h2,4,6,9,12,16-17H,1,3,5,8H2. The van der Waals surface area contributed by atoms with Crippen LogP contribution < -0.4 is 5.32 Å². The second-order valence-corrected chi connectivity index (χ2v) is 4.95. The van der Waals surface area contributed by atoms with Gasteiger partial charge in [-0.15, -0.1) is 0 Å². The fraction of sp³-hybridized carbons (Fsp3) is 0.462. The summed E-state index contributed by atoms with van der Waals surface area (Å²) in [6, 6.07) is 7.38. The van der Waals surface area contributed by atoms with E-state index in [0.717, 1.165) is 31.5 Å². The lowest BCUT2D eigenvalue weighted by Gasteiger charge is -2.13. The fourth-order valence-corrected chi connectivity index (χ4v) is 2.42. The van der Waals surface area contributed by atoms with Crippen molar-refractivity contribution in [1.82, 2.24) is 0 Å². The Morgan fingerprint density at radius 2 is 2.29 bits per heavy atom. The Labute approximate surface area is 106 Å². The van der Waals surface area contributed by atoms with Crippen LogP contribution in [-0.4, -0.2) is 17.8 Å². The van der Waals surface area contributed by atoms with Crippen molar-refractivity contribution >= 4 is 17.3 Å². The number of halogens is 1. The van der Waals surface area contributed by atoms with Crippen molar-refractivity contribution in [3.63, 3.8) is 0 Å². The number of anilines is 1. The highest BCUT2D eigenvalue weighted by atomic mass is 35.5. The van der Waals surface area contributed by atoms with Crippen LogP contribution in [0.2, 0.25) is 5.02 Å². The zero-order valence-corrected chi connectivity index (χ0v) is 10.2. The van der Waals surface area contributed by atoms with Crippen molar-refractivity contribution in [3.8, 4) is 6.07 Å². The number of nitrogens with zero attached hydrogens (tertiary/aromatic N) is 1. The molecule has 1 saturated carbocycles. The summed E-state index contributed by atoms with van der Waals surface area (Å²) in [5.74, 6) is 0.493. The highest BCUT2D eigenvalue weighted by molar-refractivity contribution is 6.30. The molecule has 0 heterocycles. The Bertz CT molecular complexity index is 442. The van der Waals surface area contributed by atoms with E-state index in [-0.39, 0.29) is 6.10 Å². The van der Waals surface area contributed by atoms with Crippen LogP contribution in [0, 0.1) is 17.2 Å². The summed E-state index contributed by atoms with van der Waals surface area (Å²) >= 11 is 5.83. The maximum absolute atomic E-state index is 9.44. The predicted octanol–water partition coefficient (Wildman–Crippen LogP) is 2.78. The Morgan fingerprint density at radius 1 is 1.47 bits per heavy atom. The third-order valence-corrected chi connectivity index (χ3v) is 3.43. The SMILES string of the molecule is N#Cc1cc(Cl)ccc1NCC1CCC(O)C1. The summed E-state index contributed by atoms with van der Waals surface area (Å²) in [7, 11) is 0. The van der Waals surface area contributed by atoms with Gasteiger partial charge in [-0.3, -0.25) is 0 Å². The van der Waals surface area contributed by atoms with Crippen molar-refractivity contribution in [2.75, 3.05) is 11.9 Å². The van der Waals surface area contributed by atoms with E-state index in [0.29, 0.717) is 16.5 Å². The molecule has 90 valence electrons. The van der Waals surface area contributed by atoms with Gasteiger partial charge in [0, 0.05) is 11.6 Å². The van der Waals surface area contributed by atoms with E-state index in [4.69, 9.17) is 16.9 Å². The van der Waals surface area contributed by atoms with Gasteiger partial charge < -0.3 is 10.4 Å². The number of aliphatic hydroxyl groups excluding tert-OH is 1. The Balaban J connectivity index is 1.97.